The molecule has 0 bridgehead atoms. The fourth-order valence-corrected chi connectivity index (χ4v) is 3.00. The van der Waals surface area contributed by atoms with Crippen LogP contribution in [0.2, 0.25) is 0 Å². The predicted octanol–water partition coefficient (Wildman–Crippen LogP) is 2.20. The molecule has 1 aromatic carbocycles. The largest absolute Gasteiger partial charge is 0.482 e. The molecule has 22 heavy (non-hydrogen) atoms. The van der Waals surface area contributed by atoms with E-state index in [0.29, 0.717) is 24.8 Å². The van der Waals surface area contributed by atoms with Crippen LogP contribution in [-0.4, -0.2) is 41.9 Å². The summed E-state index contributed by atoms with van der Waals surface area (Å²) in [6.45, 7) is 4.55. The molecule has 5 heteroatoms. The van der Waals surface area contributed by atoms with Crippen molar-refractivity contribution in [2.24, 2.45) is 0 Å². The van der Waals surface area contributed by atoms with E-state index in [0.717, 1.165) is 18.5 Å². The Labute approximate surface area is 130 Å². The molecular formula is C17H22N2O3. The van der Waals surface area contributed by atoms with Crippen LogP contribution in [0.3, 0.4) is 0 Å². The van der Waals surface area contributed by atoms with Gasteiger partial charge in [-0.2, -0.15) is 0 Å². The average Bonchev–Trinajstić information content (AvgIpc) is 3.30. The van der Waals surface area contributed by atoms with Crippen molar-refractivity contribution in [3.8, 4) is 5.75 Å². The Hall–Kier alpha value is -2.04. The molecule has 0 saturated heterocycles. The van der Waals surface area contributed by atoms with E-state index in [-0.39, 0.29) is 24.5 Å². The van der Waals surface area contributed by atoms with Gasteiger partial charge in [0.05, 0.1) is 5.69 Å². The van der Waals surface area contributed by atoms with Gasteiger partial charge in [-0.05, 0) is 38.8 Å². The number of fused-ring (bicyclic) bond motifs is 1. The molecule has 1 fully saturated rings. The maximum absolute atomic E-state index is 12.5. The molecule has 1 heterocycles. The Morgan fingerprint density at radius 1 is 1.36 bits per heavy atom. The van der Waals surface area contributed by atoms with Crippen LogP contribution < -0.4 is 9.64 Å². The van der Waals surface area contributed by atoms with Gasteiger partial charge in [-0.1, -0.05) is 12.1 Å². The van der Waals surface area contributed by atoms with E-state index in [1.54, 1.807) is 4.90 Å². The second kappa shape index (κ2) is 5.99. The zero-order valence-corrected chi connectivity index (χ0v) is 13.1. The van der Waals surface area contributed by atoms with Gasteiger partial charge >= 0.3 is 0 Å². The lowest BCUT2D eigenvalue weighted by molar-refractivity contribution is -0.133. The Morgan fingerprint density at radius 3 is 2.77 bits per heavy atom. The zero-order valence-electron chi connectivity index (χ0n) is 13.1. The SMILES string of the molecule is CC(C)N(C(=O)CCN1C(=O)COc2ccccc21)C1CC1. The van der Waals surface area contributed by atoms with E-state index in [9.17, 15) is 9.59 Å². The third-order valence-corrected chi connectivity index (χ3v) is 4.14. The van der Waals surface area contributed by atoms with E-state index in [1.807, 2.05) is 43.0 Å². The fourth-order valence-electron chi connectivity index (χ4n) is 3.00. The molecule has 1 aromatic rings. The number of rotatable bonds is 5. The van der Waals surface area contributed by atoms with Crippen molar-refractivity contribution >= 4 is 17.5 Å². The van der Waals surface area contributed by atoms with E-state index in [2.05, 4.69) is 0 Å². The molecule has 0 radical (unpaired) electrons. The maximum atomic E-state index is 12.5. The topological polar surface area (TPSA) is 49.9 Å². The summed E-state index contributed by atoms with van der Waals surface area (Å²) >= 11 is 0. The fraction of sp³-hybridized carbons (Fsp3) is 0.529. The lowest BCUT2D eigenvalue weighted by Crippen LogP contribution is -2.43. The minimum absolute atomic E-state index is 0.0434. The van der Waals surface area contributed by atoms with Crippen molar-refractivity contribution in [3.63, 3.8) is 0 Å². The molecule has 5 nitrogen and oxygen atoms in total. The van der Waals surface area contributed by atoms with Gasteiger partial charge in [0.15, 0.2) is 6.61 Å². The first kappa shape index (κ1) is 14.9. The molecule has 0 aromatic heterocycles. The molecule has 0 atom stereocenters. The summed E-state index contributed by atoms with van der Waals surface area (Å²) in [5.41, 5.74) is 0.758. The molecule has 0 unspecified atom stereocenters. The van der Waals surface area contributed by atoms with Gasteiger partial charge < -0.3 is 14.5 Å². The first-order valence-corrected chi connectivity index (χ1v) is 7.91. The van der Waals surface area contributed by atoms with E-state index in [4.69, 9.17) is 4.74 Å². The molecule has 2 amide bonds. The highest BCUT2D eigenvalue weighted by molar-refractivity contribution is 5.98. The highest BCUT2D eigenvalue weighted by Crippen LogP contribution is 2.32. The molecule has 118 valence electrons. The minimum atomic E-state index is -0.0889. The number of ether oxygens (including phenoxy) is 1. The number of hydrogen-bond donors (Lipinski definition) is 0. The van der Waals surface area contributed by atoms with Crippen molar-refractivity contribution < 1.29 is 14.3 Å². The third kappa shape index (κ3) is 2.93. The Bertz CT molecular complexity index is 579. The number of nitrogens with zero attached hydrogens (tertiary/aromatic N) is 2. The Morgan fingerprint density at radius 2 is 2.09 bits per heavy atom. The summed E-state index contributed by atoms with van der Waals surface area (Å²) in [6, 6.07) is 8.08. The number of para-hydroxylation sites is 2. The van der Waals surface area contributed by atoms with E-state index in [1.165, 1.54) is 0 Å². The van der Waals surface area contributed by atoms with Gasteiger partial charge in [-0.15, -0.1) is 0 Å². The van der Waals surface area contributed by atoms with Crippen LogP contribution in [-0.2, 0) is 9.59 Å². The van der Waals surface area contributed by atoms with E-state index >= 15 is 0 Å². The monoisotopic (exact) mass is 302 g/mol. The number of hydrogen-bond acceptors (Lipinski definition) is 3. The van der Waals surface area contributed by atoms with Crippen molar-refractivity contribution in [3.05, 3.63) is 24.3 Å². The summed E-state index contributed by atoms with van der Waals surface area (Å²) in [4.78, 5) is 28.2. The quantitative estimate of drug-likeness (QED) is 0.838. The number of carbonyl (C=O) groups excluding carboxylic acids is 2. The van der Waals surface area contributed by atoms with Crippen LogP contribution in [0.15, 0.2) is 24.3 Å². The number of carbonyl (C=O) groups is 2. The van der Waals surface area contributed by atoms with Crippen molar-refractivity contribution in [1.29, 1.82) is 0 Å². The second-order valence-electron chi connectivity index (χ2n) is 6.18. The molecule has 1 aliphatic carbocycles. The molecular weight excluding hydrogens is 280 g/mol. The van der Waals surface area contributed by atoms with Crippen LogP contribution in [0.1, 0.15) is 33.1 Å². The van der Waals surface area contributed by atoms with Gasteiger partial charge in [-0.3, -0.25) is 9.59 Å². The first-order chi connectivity index (χ1) is 10.6. The highest BCUT2D eigenvalue weighted by Gasteiger charge is 2.34. The second-order valence-corrected chi connectivity index (χ2v) is 6.18. The highest BCUT2D eigenvalue weighted by atomic mass is 16.5. The summed E-state index contributed by atoms with van der Waals surface area (Å²) < 4.78 is 5.42. The summed E-state index contributed by atoms with van der Waals surface area (Å²) in [6.07, 6.45) is 2.56. The molecule has 1 aliphatic heterocycles. The normalized spacial score (nSPS) is 17.2. The summed E-state index contributed by atoms with van der Waals surface area (Å²) in [5.74, 6) is 0.751. The molecule has 2 aliphatic rings. The Kier molecular flexibility index (Phi) is 4.05. The number of amides is 2. The maximum Gasteiger partial charge on any atom is 0.265 e. The minimum Gasteiger partial charge on any atom is -0.482 e. The van der Waals surface area contributed by atoms with Crippen LogP contribution in [0.25, 0.3) is 0 Å². The molecule has 0 N–H and O–H groups in total. The lowest BCUT2D eigenvalue weighted by atomic mass is 10.2. The molecule has 0 spiro atoms. The van der Waals surface area contributed by atoms with Gasteiger partial charge in [0.25, 0.3) is 5.91 Å². The van der Waals surface area contributed by atoms with Crippen LogP contribution >= 0.6 is 0 Å². The summed E-state index contributed by atoms with van der Waals surface area (Å²) in [7, 11) is 0. The molecule has 1 saturated carbocycles. The predicted molar refractivity (Wildman–Crippen MR) is 83.9 cm³/mol. The number of anilines is 1. The van der Waals surface area contributed by atoms with Crippen LogP contribution in [0.5, 0.6) is 5.75 Å². The van der Waals surface area contributed by atoms with Gasteiger partial charge in [0.1, 0.15) is 5.75 Å². The van der Waals surface area contributed by atoms with Crippen LogP contribution in [0.4, 0.5) is 5.69 Å². The zero-order chi connectivity index (χ0) is 15.7. The van der Waals surface area contributed by atoms with Gasteiger partial charge in [0, 0.05) is 25.0 Å². The van der Waals surface area contributed by atoms with Crippen LogP contribution in [0, 0.1) is 0 Å². The van der Waals surface area contributed by atoms with E-state index < -0.39 is 0 Å². The standard InChI is InChI=1S/C17H22N2O3/c1-12(2)19(13-7-8-13)16(20)9-10-18-14-5-3-4-6-15(14)22-11-17(18)21/h3-6,12-13H,7-11H2,1-2H3. The van der Waals surface area contributed by atoms with Crippen molar-refractivity contribution in [2.75, 3.05) is 18.1 Å². The average molecular weight is 302 g/mol. The lowest BCUT2D eigenvalue weighted by Gasteiger charge is -2.31. The van der Waals surface area contributed by atoms with Crippen molar-refractivity contribution in [1.82, 2.24) is 4.90 Å². The third-order valence-electron chi connectivity index (χ3n) is 4.14. The van der Waals surface area contributed by atoms with Gasteiger partial charge in [-0.25, -0.2) is 0 Å². The Balaban J connectivity index is 1.68. The smallest absolute Gasteiger partial charge is 0.265 e. The number of benzene rings is 1. The molecule has 3 rings (SSSR count). The van der Waals surface area contributed by atoms with Gasteiger partial charge in [0.2, 0.25) is 5.91 Å². The first-order valence-electron chi connectivity index (χ1n) is 7.91. The van der Waals surface area contributed by atoms with Crippen molar-refractivity contribution in [2.45, 2.75) is 45.2 Å². The summed E-state index contributed by atoms with van der Waals surface area (Å²) in [5, 5.41) is 0.